The Hall–Kier alpha value is -1.06. The maximum absolute atomic E-state index is 6.44. The first-order chi connectivity index (χ1) is 9.60. The van der Waals surface area contributed by atoms with E-state index in [0.717, 1.165) is 23.8 Å². The zero-order valence-electron chi connectivity index (χ0n) is 13.1. The summed E-state index contributed by atoms with van der Waals surface area (Å²) in [5, 5.41) is 0. The number of benzene rings is 1. The van der Waals surface area contributed by atoms with Gasteiger partial charge in [0.15, 0.2) is 0 Å². The summed E-state index contributed by atoms with van der Waals surface area (Å²) in [6, 6.07) is 6.28. The van der Waals surface area contributed by atoms with Crippen molar-refractivity contribution in [2.45, 2.75) is 39.2 Å². The van der Waals surface area contributed by atoms with Crippen LogP contribution in [0.2, 0.25) is 0 Å². The summed E-state index contributed by atoms with van der Waals surface area (Å²) in [6.45, 7) is 7.72. The van der Waals surface area contributed by atoms with Gasteiger partial charge in [0.2, 0.25) is 0 Å². The third kappa shape index (κ3) is 3.97. The van der Waals surface area contributed by atoms with Crippen LogP contribution >= 0.6 is 0 Å². The van der Waals surface area contributed by atoms with E-state index in [2.05, 4.69) is 30.9 Å². The standard InChI is InChI=1S/C17H28N2O/c1-13-5-4-9-19(10-8-13)12-16(18)15-11-14(2)6-7-17(15)20-3/h6-7,11,13,16H,4-5,8-10,12,18H2,1-3H3. The summed E-state index contributed by atoms with van der Waals surface area (Å²) in [6.07, 6.45) is 3.93. The Morgan fingerprint density at radius 3 is 2.90 bits per heavy atom. The van der Waals surface area contributed by atoms with Crippen molar-refractivity contribution in [1.29, 1.82) is 0 Å². The number of likely N-dealkylation sites (tertiary alicyclic amines) is 1. The van der Waals surface area contributed by atoms with Crippen LogP contribution < -0.4 is 10.5 Å². The number of hydrogen-bond acceptors (Lipinski definition) is 3. The maximum Gasteiger partial charge on any atom is 0.123 e. The second-order valence-electron chi connectivity index (χ2n) is 6.19. The molecule has 0 bridgehead atoms. The van der Waals surface area contributed by atoms with Crippen LogP contribution in [-0.2, 0) is 0 Å². The molecule has 2 atom stereocenters. The molecule has 1 aromatic rings. The minimum atomic E-state index is 0.0262. The molecule has 20 heavy (non-hydrogen) atoms. The summed E-state index contributed by atoms with van der Waals surface area (Å²) >= 11 is 0. The molecule has 0 amide bonds. The maximum atomic E-state index is 6.44. The van der Waals surface area contributed by atoms with E-state index in [1.807, 2.05) is 6.07 Å². The molecular weight excluding hydrogens is 248 g/mol. The third-order valence-electron chi connectivity index (χ3n) is 4.35. The second-order valence-corrected chi connectivity index (χ2v) is 6.19. The van der Waals surface area contributed by atoms with Gasteiger partial charge in [-0.1, -0.05) is 24.6 Å². The molecule has 1 saturated heterocycles. The number of nitrogens with zero attached hydrogens (tertiary/aromatic N) is 1. The van der Waals surface area contributed by atoms with Gasteiger partial charge in [0.05, 0.1) is 7.11 Å². The van der Waals surface area contributed by atoms with E-state index in [1.165, 1.54) is 37.9 Å². The van der Waals surface area contributed by atoms with E-state index < -0.39 is 0 Å². The van der Waals surface area contributed by atoms with Crippen molar-refractivity contribution in [2.24, 2.45) is 11.7 Å². The largest absolute Gasteiger partial charge is 0.496 e. The first-order valence-corrected chi connectivity index (χ1v) is 7.72. The average Bonchev–Trinajstić information content (AvgIpc) is 2.63. The van der Waals surface area contributed by atoms with Crippen molar-refractivity contribution in [3.63, 3.8) is 0 Å². The highest BCUT2D eigenvalue weighted by molar-refractivity contribution is 5.39. The van der Waals surface area contributed by atoms with Crippen molar-refractivity contribution >= 4 is 0 Å². The molecule has 2 rings (SSSR count). The highest BCUT2D eigenvalue weighted by Crippen LogP contribution is 2.26. The third-order valence-corrected chi connectivity index (χ3v) is 4.35. The van der Waals surface area contributed by atoms with E-state index >= 15 is 0 Å². The Labute approximate surface area is 123 Å². The summed E-state index contributed by atoms with van der Waals surface area (Å²) < 4.78 is 5.45. The van der Waals surface area contributed by atoms with Crippen molar-refractivity contribution < 1.29 is 4.74 Å². The first-order valence-electron chi connectivity index (χ1n) is 7.72. The molecule has 1 aromatic carbocycles. The molecule has 112 valence electrons. The van der Waals surface area contributed by atoms with Gasteiger partial charge in [-0.05, 0) is 51.3 Å². The first kappa shape index (κ1) is 15.3. The molecule has 0 spiro atoms. The lowest BCUT2D eigenvalue weighted by molar-refractivity contribution is 0.262. The van der Waals surface area contributed by atoms with Crippen LogP contribution in [0.1, 0.15) is 43.4 Å². The lowest BCUT2D eigenvalue weighted by atomic mass is 10.0. The van der Waals surface area contributed by atoms with Crippen LogP contribution in [-0.4, -0.2) is 31.6 Å². The molecule has 0 aliphatic carbocycles. The normalized spacial score (nSPS) is 22.3. The zero-order chi connectivity index (χ0) is 14.5. The molecule has 3 nitrogen and oxygen atoms in total. The van der Waals surface area contributed by atoms with Gasteiger partial charge in [0, 0.05) is 18.2 Å². The van der Waals surface area contributed by atoms with Gasteiger partial charge in [-0.15, -0.1) is 0 Å². The van der Waals surface area contributed by atoms with E-state index in [-0.39, 0.29) is 6.04 Å². The van der Waals surface area contributed by atoms with Gasteiger partial charge in [0.1, 0.15) is 5.75 Å². The monoisotopic (exact) mass is 276 g/mol. The quantitative estimate of drug-likeness (QED) is 0.918. The lowest BCUT2D eigenvalue weighted by Gasteiger charge is -2.25. The number of ether oxygens (including phenoxy) is 1. The molecule has 1 aliphatic rings. The molecule has 2 unspecified atom stereocenters. The minimum absolute atomic E-state index is 0.0262. The van der Waals surface area contributed by atoms with Crippen LogP contribution in [0.3, 0.4) is 0 Å². The van der Waals surface area contributed by atoms with Gasteiger partial charge in [-0.25, -0.2) is 0 Å². The number of rotatable bonds is 4. The summed E-state index contributed by atoms with van der Waals surface area (Å²) in [4.78, 5) is 2.51. The Balaban J connectivity index is 2.03. The molecule has 1 fully saturated rings. The van der Waals surface area contributed by atoms with Crippen molar-refractivity contribution in [1.82, 2.24) is 4.90 Å². The van der Waals surface area contributed by atoms with Crippen LogP contribution in [0.5, 0.6) is 5.75 Å². The molecular formula is C17H28N2O. The van der Waals surface area contributed by atoms with Gasteiger partial charge in [-0.2, -0.15) is 0 Å². The fourth-order valence-corrected chi connectivity index (χ4v) is 3.03. The Bertz CT molecular complexity index is 433. The molecule has 3 heteroatoms. The molecule has 0 aromatic heterocycles. The predicted octanol–water partition coefficient (Wildman–Crippen LogP) is 3.13. The number of aryl methyl sites for hydroxylation is 1. The van der Waals surface area contributed by atoms with E-state index in [1.54, 1.807) is 7.11 Å². The SMILES string of the molecule is COc1ccc(C)cc1C(N)CN1CCCC(C)CC1. The van der Waals surface area contributed by atoms with Crippen molar-refractivity contribution in [2.75, 3.05) is 26.7 Å². The molecule has 1 heterocycles. The lowest BCUT2D eigenvalue weighted by Crippen LogP contribution is -2.33. The molecule has 1 aliphatic heterocycles. The number of methoxy groups -OCH3 is 1. The smallest absolute Gasteiger partial charge is 0.123 e. The fraction of sp³-hybridized carbons (Fsp3) is 0.647. The summed E-state index contributed by atoms with van der Waals surface area (Å²) in [5.41, 5.74) is 8.80. The number of nitrogens with two attached hydrogens (primary N) is 1. The Kier molecular flexibility index (Phi) is 5.44. The molecule has 2 N–H and O–H groups in total. The average molecular weight is 276 g/mol. The Morgan fingerprint density at radius 2 is 2.15 bits per heavy atom. The van der Waals surface area contributed by atoms with E-state index in [4.69, 9.17) is 10.5 Å². The van der Waals surface area contributed by atoms with E-state index in [9.17, 15) is 0 Å². The van der Waals surface area contributed by atoms with Crippen molar-refractivity contribution in [3.05, 3.63) is 29.3 Å². The predicted molar refractivity (Wildman–Crippen MR) is 84.1 cm³/mol. The highest BCUT2D eigenvalue weighted by Gasteiger charge is 2.19. The second kappa shape index (κ2) is 7.09. The van der Waals surface area contributed by atoms with Crippen LogP contribution in [0.25, 0.3) is 0 Å². The Morgan fingerprint density at radius 1 is 1.35 bits per heavy atom. The molecule has 0 saturated carbocycles. The van der Waals surface area contributed by atoms with Crippen LogP contribution in [0, 0.1) is 12.8 Å². The van der Waals surface area contributed by atoms with Gasteiger partial charge >= 0.3 is 0 Å². The molecule has 0 radical (unpaired) electrons. The van der Waals surface area contributed by atoms with Crippen LogP contribution in [0.15, 0.2) is 18.2 Å². The zero-order valence-corrected chi connectivity index (χ0v) is 13.1. The van der Waals surface area contributed by atoms with Crippen molar-refractivity contribution in [3.8, 4) is 5.75 Å². The fourth-order valence-electron chi connectivity index (χ4n) is 3.03. The van der Waals surface area contributed by atoms with E-state index in [0.29, 0.717) is 0 Å². The highest BCUT2D eigenvalue weighted by atomic mass is 16.5. The minimum Gasteiger partial charge on any atom is -0.496 e. The summed E-state index contributed by atoms with van der Waals surface area (Å²) in [7, 11) is 1.72. The van der Waals surface area contributed by atoms with Gasteiger partial charge < -0.3 is 15.4 Å². The summed E-state index contributed by atoms with van der Waals surface area (Å²) in [5.74, 6) is 1.76. The number of hydrogen-bond donors (Lipinski definition) is 1. The van der Waals surface area contributed by atoms with Crippen LogP contribution in [0.4, 0.5) is 0 Å². The topological polar surface area (TPSA) is 38.5 Å². The van der Waals surface area contributed by atoms with Gasteiger partial charge in [0.25, 0.3) is 0 Å². The van der Waals surface area contributed by atoms with Gasteiger partial charge in [-0.3, -0.25) is 0 Å².